The number of rotatable bonds is 3. The van der Waals surface area contributed by atoms with E-state index in [9.17, 15) is 0 Å². The first-order valence-corrected chi connectivity index (χ1v) is 6.38. The van der Waals surface area contributed by atoms with E-state index in [0.29, 0.717) is 11.7 Å². The molecule has 4 heteroatoms. The van der Waals surface area contributed by atoms with Crippen LogP contribution in [0.1, 0.15) is 5.56 Å². The van der Waals surface area contributed by atoms with Gasteiger partial charge in [-0.1, -0.05) is 29.8 Å². The molecule has 0 saturated carbocycles. The van der Waals surface area contributed by atoms with Crippen molar-refractivity contribution < 1.29 is 0 Å². The van der Waals surface area contributed by atoms with Gasteiger partial charge in [-0.3, -0.25) is 4.98 Å². The summed E-state index contributed by atoms with van der Waals surface area (Å²) in [7, 11) is 0. The lowest BCUT2D eigenvalue weighted by atomic mass is 10.1. The van der Waals surface area contributed by atoms with Crippen molar-refractivity contribution in [1.82, 2.24) is 9.97 Å². The summed E-state index contributed by atoms with van der Waals surface area (Å²) in [5.41, 5.74) is 2.05. The minimum absolute atomic E-state index is 0.490. The molecule has 0 aliphatic rings. The van der Waals surface area contributed by atoms with Gasteiger partial charge in [0.05, 0.1) is 5.69 Å². The first-order valence-electron chi connectivity index (χ1n) is 6.00. The summed E-state index contributed by atoms with van der Waals surface area (Å²) >= 11 is 6.03. The summed E-state index contributed by atoms with van der Waals surface area (Å²) in [6.07, 6.45) is 5.36. The minimum atomic E-state index is 0.490. The van der Waals surface area contributed by atoms with E-state index in [1.165, 1.54) is 10.9 Å². The van der Waals surface area contributed by atoms with E-state index in [2.05, 4.69) is 27.4 Å². The minimum Gasteiger partial charge on any atom is -0.378 e. The first-order chi connectivity index (χ1) is 9.34. The Morgan fingerprint density at radius 1 is 1.05 bits per heavy atom. The third kappa shape index (κ3) is 2.51. The maximum atomic E-state index is 6.03. The Morgan fingerprint density at radius 3 is 2.89 bits per heavy atom. The van der Waals surface area contributed by atoms with Crippen LogP contribution in [0, 0.1) is 0 Å². The number of benzene rings is 1. The van der Waals surface area contributed by atoms with Crippen LogP contribution in [0.25, 0.3) is 10.8 Å². The quantitative estimate of drug-likeness (QED) is 0.733. The van der Waals surface area contributed by atoms with E-state index in [-0.39, 0.29) is 0 Å². The van der Waals surface area contributed by atoms with Crippen molar-refractivity contribution in [3.63, 3.8) is 0 Å². The Morgan fingerprint density at radius 2 is 2.00 bits per heavy atom. The third-order valence-electron chi connectivity index (χ3n) is 3.00. The van der Waals surface area contributed by atoms with Crippen LogP contribution in [0.5, 0.6) is 0 Å². The molecule has 0 aliphatic carbocycles. The predicted octanol–water partition coefficient (Wildman–Crippen LogP) is 3.90. The monoisotopic (exact) mass is 269 g/mol. The molecule has 0 radical (unpaired) electrons. The predicted molar refractivity (Wildman–Crippen MR) is 78.3 cm³/mol. The van der Waals surface area contributed by atoms with E-state index in [0.717, 1.165) is 11.1 Å². The molecule has 2 heterocycles. The topological polar surface area (TPSA) is 37.8 Å². The molecule has 1 aromatic carbocycles. The number of hydrogen-bond donors (Lipinski definition) is 1. The molecule has 2 aromatic heterocycles. The molecule has 94 valence electrons. The lowest BCUT2D eigenvalue weighted by molar-refractivity contribution is 1.15. The van der Waals surface area contributed by atoms with Crippen LogP contribution in [-0.2, 0) is 6.54 Å². The molecule has 3 nitrogen and oxygen atoms in total. The number of halogens is 1. The molecule has 0 amide bonds. The number of nitrogens with one attached hydrogen (secondary N) is 1. The zero-order chi connectivity index (χ0) is 13.1. The van der Waals surface area contributed by atoms with Crippen molar-refractivity contribution in [2.24, 2.45) is 0 Å². The van der Waals surface area contributed by atoms with Gasteiger partial charge in [0.2, 0.25) is 0 Å². The molecule has 0 saturated heterocycles. The summed E-state index contributed by atoms with van der Waals surface area (Å²) in [5, 5.41) is 6.13. The van der Waals surface area contributed by atoms with Crippen molar-refractivity contribution in [3.8, 4) is 0 Å². The number of hydrogen-bond acceptors (Lipinski definition) is 3. The molecule has 3 rings (SSSR count). The van der Waals surface area contributed by atoms with Crippen LogP contribution in [0.15, 0.2) is 55.0 Å². The Labute approximate surface area is 116 Å². The van der Waals surface area contributed by atoms with Crippen LogP contribution in [-0.4, -0.2) is 9.97 Å². The second kappa shape index (κ2) is 5.24. The van der Waals surface area contributed by atoms with Crippen LogP contribution < -0.4 is 5.32 Å². The number of pyridine rings is 2. The fourth-order valence-electron chi connectivity index (χ4n) is 2.05. The number of nitrogens with zero attached hydrogens (tertiary/aromatic N) is 2. The number of aromatic nitrogens is 2. The Balaban J connectivity index is 1.88. The van der Waals surface area contributed by atoms with Crippen LogP contribution in [0.3, 0.4) is 0 Å². The number of fused-ring (bicyclic) bond motifs is 1. The normalized spacial score (nSPS) is 10.6. The van der Waals surface area contributed by atoms with Gasteiger partial charge in [-0.25, -0.2) is 4.98 Å². The summed E-state index contributed by atoms with van der Waals surface area (Å²) in [4.78, 5) is 8.18. The summed E-state index contributed by atoms with van der Waals surface area (Å²) < 4.78 is 0. The molecule has 0 atom stereocenters. The summed E-state index contributed by atoms with van der Waals surface area (Å²) in [6.45, 7) is 0.701. The fourth-order valence-corrected chi connectivity index (χ4v) is 2.24. The fraction of sp³-hybridized carbons (Fsp3) is 0.0667. The third-order valence-corrected chi connectivity index (χ3v) is 3.30. The van der Waals surface area contributed by atoms with Crippen LogP contribution in [0.2, 0.25) is 5.15 Å². The van der Waals surface area contributed by atoms with Crippen molar-refractivity contribution in [2.45, 2.75) is 6.54 Å². The van der Waals surface area contributed by atoms with Crippen molar-refractivity contribution >= 4 is 28.1 Å². The van der Waals surface area contributed by atoms with E-state index in [4.69, 9.17) is 11.6 Å². The van der Waals surface area contributed by atoms with Gasteiger partial charge in [0.1, 0.15) is 0 Å². The largest absolute Gasteiger partial charge is 0.378 e. The number of anilines is 1. The van der Waals surface area contributed by atoms with Gasteiger partial charge in [0.15, 0.2) is 5.15 Å². The Hall–Kier alpha value is -2.13. The van der Waals surface area contributed by atoms with E-state index < -0.39 is 0 Å². The van der Waals surface area contributed by atoms with Gasteiger partial charge in [-0.15, -0.1) is 0 Å². The highest BCUT2D eigenvalue weighted by atomic mass is 35.5. The first kappa shape index (κ1) is 11.9. The van der Waals surface area contributed by atoms with Gasteiger partial charge in [0, 0.05) is 30.5 Å². The zero-order valence-electron chi connectivity index (χ0n) is 10.2. The Kier molecular flexibility index (Phi) is 3.29. The summed E-state index contributed by atoms with van der Waals surface area (Å²) in [6, 6.07) is 12.0. The molecule has 19 heavy (non-hydrogen) atoms. The highest BCUT2D eigenvalue weighted by Gasteiger charge is 2.03. The Bertz CT molecular complexity index is 707. The molecule has 0 spiro atoms. The van der Waals surface area contributed by atoms with E-state index in [1.54, 1.807) is 6.20 Å². The molecular formula is C15H12ClN3. The van der Waals surface area contributed by atoms with Gasteiger partial charge in [-0.2, -0.15) is 0 Å². The molecular weight excluding hydrogens is 258 g/mol. The molecule has 3 aromatic rings. The average molecular weight is 270 g/mol. The average Bonchev–Trinajstić information content (AvgIpc) is 2.46. The highest BCUT2D eigenvalue weighted by Crippen LogP contribution is 2.21. The second-order valence-electron chi connectivity index (χ2n) is 4.21. The van der Waals surface area contributed by atoms with Crippen LogP contribution in [0.4, 0.5) is 5.69 Å². The van der Waals surface area contributed by atoms with Crippen molar-refractivity contribution in [1.29, 1.82) is 0 Å². The highest BCUT2D eigenvalue weighted by molar-refractivity contribution is 6.31. The SMILES string of the molecule is Clc1ncccc1NCc1cccc2cnccc12. The lowest BCUT2D eigenvalue weighted by Crippen LogP contribution is -2.01. The maximum Gasteiger partial charge on any atom is 0.152 e. The maximum absolute atomic E-state index is 6.03. The molecule has 0 bridgehead atoms. The molecule has 1 N–H and O–H groups in total. The van der Waals surface area contributed by atoms with Gasteiger partial charge < -0.3 is 5.32 Å². The van der Waals surface area contributed by atoms with Crippen LogP contribution >= 0.6 is 11.6 Å². The van der Waals surface area contributed by atoms with Gasteiger partial charge in [0.25, 0.3) is 0 Å². The molecule has 0 unspecified atom stereocenters. The second-order valence-corrected chi connectivity index (χ2v) is 4.57. The van der Waals surface area contributed by atoms with E-state index >= 15 is 0 Å². The zero-order valence-corrected chi connectivity index (χ0v) is 10.9. The van der Waals surface area contributed by atoms with Gasteiger partial charge in [-0.05, 0) is 29.1 Å². The lowest BCUT2D eigenvalue weighted by Gasteiger charge is -2.09. The van der Waals surface area contributed by atoms with Crippen molar-refractivity contribution in [3.05, 3.63) is 65.7 Å². The summed E-state index contributed by atoms with van der Waals surface area (Å²) in [5.74, 6) is 0. The molecule has 0 aliphatic heterocycles. The van der Waals surface area contributed by atoms with Crippen molar-refractivity contribution in [2.75, 3.05) is 5.32 Å². The smallest absolute Gasteiger partial charge is 0.152 e. The molecule has 0 fully saturated rings. The van der Waals surface area contributed by atoms with E-state index in [1.807, 2.05) is 36.7 Å². The standard InChI is InChI=1S/C15H12ClN3/c16-15-14(5-2-7-18-15)19-10-12-4-1-3-11-9-17-8-6-13(11)12/h1-9,19H,10H2. The van der Waals surface area contributed by atoms with Gasteiger partial charge >= 0.3 is 0 Å².